The molecule has 0 aliphatic heterocycles. The second-order valence-electron chi connectivity index (χ2n) is 5.34. The molecule has 0 radical (unpaired) electrons. The van der Waals surface area contributed by atoms with E-state index in [-0.39, 0.29) is 0 Å². The minimum Gasteiger partial charge on any atom is -0.383 e. The third-order valence-corrected chi connectivity index (χ3v) is 3.51. The summed E-state index contributed by atoms with van der Waals surface area (Å²) < 4.78 is 0. The molecule has 7 heteroatoms. The predicted molar refractivity (Wildman–Crippen MR) is 99.4 cm³/mol. The largest absolute Gasteiger partial charge is 0.383 e. The number of nitrogens with two attached hydrogens (primary N) is 2. The van der Waals surface area contributed by atoms with Gasteiger partial charge in [0.2, 0.25) is 5.95 Å². The van der Waals surface area contributed by atoms with Crippen LogP contribution in [-0.2, 0) is 0 Å². The van der Waals surface area contributed by atoms with E-state index in [1.165, 1.54) is 0 Å². The first-order chi connectivity index (χ1) is 11.6. The van der Waals surface area contributed by atoms with Crippen LogP contribution in [0.1, 0.15) is 23.1 Å². The third-order valence-electron chi connectivity index (χ3n) is 3.51. The molecule has 0 atom stereocenters. The van der Waals surface area contributed by atoms with E-state index in [9.17, 15) is 0 Å². The molecule has 7 nitrogen and oxygen atoms in total. The normalized spacial score (nSPS) is 11.2. The number of aryl methyl sites for hydroxylation is 2. The van der Waals surface area contributed by atoms with Crippen LogP contribution < -0.4 is 22.3 Å². The first-order valence-electron chi connectivity index (χ1n) is 7.66. The Labute approximate surface area is 141 Å². The molecule has 0 spiro atoms. The molecule has 0 unspecified atom stereocenters. The van der Waals surface area contributed by atoms with Crippen molar-refractivity contribution in [3.63, 3.8) is 0 Å². The fraction of sp³-hybridized carbons (Fsp3) is 0.235. The zero-order valence-electron chi connectivity index (χ0n) is 14.0. The number of aliphatic imine (C=N–C) groups is 1. The number of hydrazine groups is 1. The number of rotatable bonds is 7. The van der Waals surface area contributed by atoms with Gasteiger partial charge in [-0.3, -0.25) is 5.43 Å². The standard InChI is InChI=1S/C17H23N7/c1-4-5-9-20-16-13(10-21-17(23-16)24-19)15(18)22-14-11(2)7-6-8-12(14)3/h4,6-8,10H,1,5,9,19H2,2-3H3,(H2,18,22)(H2,20,21,23,24). The van der Waals surface area contributed by atoms with Crippen molar-refractivity contribution in [3.05, 3.63) is 53.7 Å². The van der Waals surface area contributed by atoms with Gasteiger partial charge in [-0.1, -0.05) is 24.3 Å². The van der Waals surface area contributed by atoms with Gasteiger partial charge >= 0.3 is 0 Å². The maximum absolute atomic E-state index is 6.22. The number of hydrogen-bond donors (Lipinski definition) is 4. The lowest BCUT2D eigenvalue weighted by Gasteiger charge is -2.12. The molecule has 2 rings (SSSR count). The fourth-order valence-corrected chi connectivity index (χ4v) is 2.23. The molecular formula is C17H23N7. The number of hydrogen-bond acceptors (Lipinski definition) is 6. The Kier molecular flexibility index (Phi) is 5.86. The van der Waals surface area contributed by atoms with Crippen LogP contribution >= 0.6 is 0 Å². The van der Waals surface area contributed by atoms with Crippen molar-refractivity contribution in [2.24, 2.45) is 16.6 Å². The average molecular weight is 325 g/mol. The van der Waals surface area contributed by atoms with Crippen LogP contribution in [0.2, 0.25) is 0 Å². The van der Waals surface area contributed by atoms with Gasteiger partial charge in [0, 0.05) is 12.7 Å². The second-order valence-corrected chi connectivity index (χ2v) is 5.34. The molecule has 0 aliphatic rings. The van der Waals surface area contributed by atoms with Crippen LogP contribution in [0.5, 0.6) is 0 Å². The zero-order valence-corrected chi connectivity index (χ0v) is 14.0. The number of nitrogens with zero attached hydrogens (tertiary/aromatic N) is 3. The second kappa shape index (κ2) is 8.07. The lowest BCUT2D eigenvalue weighted by Crippen LogP contribution is -2.20. The highest BCUT2D eigenvalue weighted by Crippen LogP contribution is 2.24. The molecule has 0 fully saturated rings. The summed E-state index contributed by atoms with van der Waals surface area (Å²) in [7, 11) is 0. The number of anilines is 2. The van der Waals surface area contributed by atoms with E-state index >= 15 is 0 Å². The Morgan fingerprint density at radius 2 is 2.04 bits per heavy atom. The van der Waals surface area contributed by atoms with Gasteiger partial charge in [0.25, 0.3) is 0 Å². The van der Waals surface area contributed by atoms with Gasteiger partial charge < -0.3 is 11.1 Å². The van der Waals surface area contributed by atoms with Crippen LogP contribution in [0.4, 0.5) is 17.5 Å². The highest BCUT2D eigenvalue weighted by molar-refractivity contribution is 6.03. The maximum atomic E-state index is 6.22. The Morgan fingerprint density at radius 1 is 1.33 bits per heavy atom. The van der Waals surface area contributed by atoms with Gasteiger partial charge in [0.1, 0.15) is 11.7 Å². The number of nitrogens with one attached hydrogen (secondary N) is 2. The van der Waals surface area contributed by atoms with Crippen molar-refractivity contribution >= 4 is 23.3 Å². The Bertz CT molecular complexity index is 732. The first kappa shape index (κ1) is 17.4. The average Bonchev–Trinajstić information content (AvgIpc) is 2.58. The van der Waals surface area contributed by atoms with Crippen molar-refractivity contribution in [2.45, 2.75) is 20.3 Å². The molecule has 24 heavy (non-hydrogen) atoms. The quantitative estimate of drug-likeness (QED) is 0.155. The molecule has 0 saturated heterocycles. The molecule has 0 bridgehead atoms. The number of para-hydroxylation sites is 1. The van der Waals surface area contributed by atoms with Crippen LogP contribution in [0.25, 0.3) is 0 Å². The lowest BCUT2D eigenvalue weighted by atomic mass is 10.1. The maximum Gasteiger partial charge on any atom is 0.239 e. The van der Waals surface area contributed by atoms with E-state index in [1.54, 1.807) is 6.20 Å². The molecule has 6 N–H and O–H groups in total. The van der Waals surface area contributed by atoms with Gasteiger partial charge in [-0.25, -0.2) is 15.8 Å². The predicted octanol–water partition coefficient (Wildman–Crippen LogP) is 2.40. The first-order valence-corrected chi connectivity index (χ1v) is 7.66. The summed E-state index contributed by atoms with van der Waals surface area (Å²) >= 11 is 0. The van der Waals surface area contributed by atoms with Gasteiger partial charge in [0.05, 0.1) is 11.3 Å². The summed E-state index contributed by atoms with van der Waals surface area (Å²) in [5.41, 5.74) is 12.2. The number of aromatic nitrogens is 2. The van der Waals surface area contributed by atoms with Crippen molar-refractivity contribution in [2.75, 3.05) is 17.3 Å². The minimum absolute atomic E-state index is 0.305. The van der Waals surface area contributed by atoms with E-state index in [4.69, 9.17) is 11.6 Å². The van der Waals surface area contributed by atoms with Crippen LogP contribution in [0, 0.1) is 13.8 Å². The number of nitrogen functional groups attached to an aromatic ring is 1. The number of amidine groups is 1. The van der Waals surface area contributed by atoms with Gasteiger partial charge in [-0.15, -0.1) is 6.58 Å². The summed E-state index contributed by atoms with van der Waals surface area (Å²) in [5.74, 6) is 6.61. The van der Waals surface area contributed by atoms with Crippen molar-refractivity contribution in [1.29, 1.82) is 0 Å². The summed E-state index contributed by atoms with van der Waals surface area (Å²) in [4.78, 5) is 13.0. The minimum atomic E-state index is 0.305. The molecule has 1 aromatic heterocycles. The topological polar surface area (TPSA) is 114 Å². The summed E-state index contributed by atoms with van der Waals surface area (Å²) in [6.45, 7) is 8.38. The molecule has 126 valence electrons. The van der Waals surface area contributed by atoms with E-state index in [0.29, 0.717) is 29.7 Å². The third kappa shape index (κ3) is 4.08. The molecule has 1 heterocycles. The monoisotopic (exact) mass is 325 g/mol. The molecule has 0 amide bonds. The van der Waals surface area contributed by atoms with Crippen molar-refractivity contribution in [3.8, 4) is 0 Å². The van der Waals surface area contributed by atoms with E-state index in [1.807, 2.05) is 38.1 Å². The molecular weight excluding hydrogens is 302 g/mol. The Hall–Kier alpha value is -2.93. The van der Waals surface area contributed by atoms with Crippen LogP contribution in [-0.4, -0.2) is 22.3 Å². The molecule has 0 aliphatic carbocycles. The van der Waals surface area contributed by atoms with Crippen molar-refractivity contribution in [1.82, 2.24) is 9.97 Å². The van der Waals surface area contributed by atoms with Gasteiger partial charge in [-0.2, -0.15) is 4.98 Å². The summed E-state index contributed by atoms with van der Waals surface area (Å²) in [6.07, 6.45) is 4.22. The Morgan fingerprint density at radius 3 is 2.67 bits per heavy atom. The fourth-order valence-electron chi connectivity index (χ4n) is 2.23. The number of benzene rings is 1. The molecule has 1 aromatic carbocycles. The lowest BCUT2D eigenvalue weighted by molar-refractivity contribution is 1.03. The van der Waals surface area contributed by atoms with Crippen molar-refractivity contribution < 1.29 is 0 Å². The smallest absolute Gasteiger partial charge is 0.239 e. The van der Waals surface area contributed by atoms with Crippen LogP contribution in [0.3, 0.4) is 0 Å². The van der Waals surface area contributed by atoms with E-state index < -0.39 is 0 Å². The highest BCUT2D eigenvalue weighted by Gasteiger charge is 2.11. The summed E-state index contributed by atoms with van der Waals surface area (Å²) in [6, 6.07) is 5.99. The molecule has 0 saturated carbocycles. The highest BCUT2D eigenvalue weighted by atomic mass is 15.3. The van der Waals surface area contributed by atoms with E-state index in [2.05, 4.69) is 32.3 Å². The van der Waals surface area contributed by atoms with Gasteiger partial charge in [-0.05, 0) is 31.4 Å². The van der Waals surface area contributed by atoms with Crippen LogP contribution in [0.15, 0.2) is 42.0 Å². The summed E-state index contributed by atoms with van der Waals surface area (Å²) in [5, 5.41) is 3.21. The van der Waals surface area contributed by atoms with Gasteiger partial charge in [0.15, 0.2) is 0 Å². The Balaban J connectivity index is 2.42. The SMILES string of the molecule is C=CCCNc1nc(NN)ncc1C(N)=Nc1c(C)cccc1C. The molecule has 2 aromatic rings. The zero-order chi connectivity index (χ0) is 17.5. The van der Waals surface area contributed by atoms with E-state index in [0.717, 1.165) is 23.2 Å².